The first-order chi connectivity index (χ1) is 9.45. The molecule has 7 heteroatoms. The molecule has 7 nitrogen and oxygen atoms in total. The molecular formula is C13H15N3O4. The molecule has 0 heterocycles. The molecule has 20 heavy (non-hydrogen) atoms. The van der Waals surface area contributed by atoms with E-state index in [1.54, 1.807) is 19.1 Å². The van der Waals surface area contributed by atoms with Crippen LogP contribution in [0.3, 0.4) is 0 Å². The van der Waals surface area contributed by atoms with E-state index in [9.17, 15) is 20.2 Å². The summed E-state index contributed by atoms with van der Waals surface area (Å²) in [4.78, 5) is 20.4. The third-order valence-electron chi connectivity index (χ3n) is 2.70. The molecule has 0 aliphatic carbocycles. The highest BCUT2D eigenvalue weighted by atomic mass is 16.6. The summed E-state index contributed by atoms with van der Waals surface area (Å²) in [5.74, 6) is 0. The summed E-state index contributed by atoms with van der Waals surface area (Å²) in [7, 11) is 0. The van der Waals surface area contributed by atoms with E-state index < -0.39 is 15.9 Å². The molecule has 0 aliphatic rings. The number of nitro benzene ring substituents is 1. The maximum atomic E-state index is 10.8. The van der Waals surface area contributed by atoms with Crippen molar-refractivity contribution in [1.82, 2.24) is 5.32 Å². The lowest BCUT2D eigenvalue weighted by Gasteiger charge is -2.11. The summed E-state index contributed by atoms with van der Waals surface area (Å²) in [6, 6.07) is 5.56. The molecule has 0 aliphatic heterocycles. The van der Waals surface area contributed by atoms with Crippen LogP contribution in [0.25, 0.3) is 0 Å². The lowest BCUT2D eigenvalue weighted by Crippen LogP contribution is -2.30. The van der Waals surface area contributed by atoms with Gasteiger partial charge in [-0.05, 0) is 12.5 Å². The molecule has 106 valence electrons. The Hall–Kier alpha value is -2.54. The number of nitrogens with one attached hydrogen (secondary N) is 1. The van der Waals surface area contributed by atoms with Crippen molar-refractivity contribution in [3.8, 4) is 0 Å². The second kappa shape index (κ2) is 7.15. The Labute approximate surface area is 115 Å². The van der Waals surface area contributed by atoms with E-state index in [1.165, 1.54) is 24.3 Å². The van der Waals surface area contributed by atoms with E-state index >= 15 is 0 Å². The van der Waals surface area contributed by atoms with Gasteiger partial charge in [-0.3, -0.25) is 20.2 Å². The number of rotatable bonds is 7. The van der Waals surface area contributed by atoms with Gasteiger partial charge >= 0.3 is 0 Å². The van der Waals surface area contributed by atoms with Crippen LogP contribution in [-0.2, 0) is 6.54 Å². The van der Waals surface area contributed by atoms with E-state index in [4.69, 9.17) is 0 Å². The van der Waals surface area contributed by atoms with Crippen molar-refractivity contribution < 1.29 is 9.85 Å². The van der Waals surface area contributed by atoms with Crippen molar-refractivity contribution in [1.29, 1.82) is 0 Å². The molecule has 0 saturated heterocycles. The molecule has 0 bridgehead atoms. The van der Waals surface area contributed by atoms with Crippen LogP contribution in [0.5, 0.6) is 0 Å². The second-order valence-corrected chi connectivity index (χ2v) is 4.11. The fourth-order valence-electron chi connectivity index (χ4n) is 1.60. The monoisotopic (exact) mass is 277 g/mol. The Morgan fingerprint density at radius 1 is 1.35 bits per heavy atom. The first-order valence-corrected chi connectivity index (χ1v) is 5.89. The molecule has 0 aromatic heterocycles. The van der Waals surface area contributed by atoms with Crippen molar-refractivity contribution in [2.75, 3.05) is 0 Å². The zero-order chi connectivity index (χ0) is 15.1. The standard InChI is InChI=1S/C13H15N3O4/c1-3-4-13(16(19)20)10(2)14-9-11-5-7-12(8-6-11)15(17)18/h3-8,10,14H,1,9H2,2H3/b13-4+. The molecule has 1 aromatic rings. The summed E-state index contributed by atoms with van der Waals surface area (Å²) in [5, 5.41) is 24.3. The zero-order valence-electron chi connectivity index (χ0n) is 11.0. The van der Waals surface area contributed by atoms with Gasteiger partial charge in [-0.2, -0.15) is 0 Å². The Morgan fingerprint density at radius 2 is 1.95 bits per heavy atom. The van der Waals surface area contributed by atoms with Crippen LogP contribution >= 0.6 is 0 Å². The molecule has 0 radical (unpaired) electrons. The van der Waals surface area contributed by atoms with E-state index in [0.717, 1.165) is 5.56 Å². The lowest BCUT2D eigenvalue weighted by atomic mass is 10.1. The number of hydrogen-bond acceptors (Lipinski definition) is 5. The molecule has 0 spiro atoms. The third kappa shape index (κ3) is 4.29. The third-order valence-corrected chi connectivity index (χ3v) is 2.70. The van der Waals surface area contributed by atoms with Crippen LogP contribution in [-0.4, -0.2) is 15.9 Å². The highest BCUT2D eigenvalue weighted by Crippen LogP contribution is 2.12. The van der Waals surface area contributed by atoms with Gasteiger partial charge in [0.05, 0.1) is 15.9 Å². The summed E-state index contributed by atoms with van der Waals surface area (Å²) < 4.78 is 0. The van der Waals surface area contributed by atoms with Crippen LogP contribution in [0.15, 0.2) is 48.7 Å². The molecule has 0 amide bonds. The van der Waals surface area contributed by atoms with Gasteiger partial charge in [-0.1, -0.05) is 24.8 Å². The quantitative estimate of drug-likeness (QED) is 0.469. The molecule has 1 unspecified atom stereocenters. The van der Waals surface area contributed by atoms with Crippen LogP contribution in [0, 0.1) is 20.2 Å². The molecule has 1 aromatic carbocycles. The number of allylic oxidation sites excluding steroid dienone is 2. The molecule has 0 saturated carbocycles. The van der Waals surface area contributed by atoms with Crippen molar-refractivity contribution in [2.45, 2.75) is 19.5 Å². The number of nitrogens with zero attached hydrogens (tertiary/aromatic N) is 2. The van der Waals surface area contributed by atoms with Crippen molar-refractivity contribution in [3.63, 3.8) is 0 Å². The molecule has 0 fully saturated rings. The average molecular weight is 277 g/mol. The van der Waals surface area contributed by atoms with Crippen LogP contribution in [0.1, 0.15) is 12.5 Å². The van der Waals surface area contributed by atoms with E-state index in [1.807, 2.05) is 0 Å². The minimum absolute atomic E-state index is 0.0133. The van der Waals surface area contributed by atoms with Gasteiger partial charge < -0.3 is 5.32 Å². The van der Waals surface area contributed by atoms with Gasteiger partial charge in [0, 0.05) is 24.8 Å². The largest absolute Gasteiger partial charge is 0.301 e. The smallest absolute Gasteiger partial charge is 0.269 e. The Bertz CT molecular complexity index is 537. The van der Waals surface area contributed by atoms with Crippen LogP contribution in [0.2, 0.25) is 0 Å². The number of nitro groups is 2. The topological polar surface area (TPSA) is 98.3 Å². The summed E-state index contributed by atoms with van der Waals surface area (Å²) in [5.41, 5.74) is 0.838. The van der Waals surface area contributed by atoms with E-state index in [0.29, 0.717) is 6.54 Å². The SMILES string of the molecule is C=C/C=C(\C(C)NCc1ccc([N+](=O)[O-])cc1)[N+](=O)[O-]. The van der Waals surface area contributed by atoms with Crippen molar-refractivity contribution >= 4 is 5.69 Å². The average Bonchev–Trinajstić information content (AvgIpc) is 2.42. The first-order valence-electron chi connectivity index (χ1n) is 5.89. The first kappa shape index (κ1) is 15.5. The van der Waals surface area contributed by atoms with Gasteiger partial charge in [-0.15, -0.1) is 0 Å². The maximum absolute atomic E-state index is 10.8. The highest BCUT2D eigenvalue weighted by Gasteiger charge is 2.18. The minimum atomic E-state index is -0.475. The normalized spacial score (nSPS) is 12.8. The van der Waals surface area contributed by atoms with E-state index in [-0.39, 0.29) is 11.4 Å². The molecule has 1 atom stereocenters. The van der Waals surface area contributed by atoms with Gasteiger partial charge in [0.15, 0.2) is 0 Å². The van der Waals surface area contributed by atoms with Crippen molar-refractivity contribution in [3.05, 3.63) is 74.5 Å². The lowest BCUT2D eigenvalue weighted by molar-refractivity contribution is -0.430. The summed E-state index contributed by atoms with van der Waals surface area (Å²) >= 11 is 0. The Balaban J connectivity index is 2.66. The minimum Gasteiger partial charge on any atom is -0.301 e. The van der Waals surface area contributed by atoms with Gasteiger partial charge in [0.25, 0.3) is 11.4 Å². The second-order valence-electron chi connectivity index (χ2n) is 4.11. The number of benzene rings is 1. The summed E-state index contributed by atoms with van der Waals surface area (Å²) in [6.45, 7) is 5.48. The number of non-ortho nitro benzene ring substituents is 1. The van der Waals surface area contributed by atoms with Crippen LogP contribution in [0.4, 0.5) is 5.69 Å². The zero-order valence-corrected chi connectivity index (χ0v) is 11.0. The van der Waals surface area contributed by atoms with Gasteiger partial charge in [-0.25, -0.2) is 0 Å². The fraction of sp³-hybridized carbons (Fsp3) is 0.231. The highest BCUT2D eigenvalue weighted by molar-refractivity contribution is 5.32. The maximum Gasteiger partial charge on any atom is 0.269 e. The predicted molar refractivity (Wildman–Crippen MR) is 74.7 cm³/mol. The molecular weight excluding hydrogens is 262 g/mol. The van der Waals surface area contributed by atoms with Crippen molar-refractivity contribution in [2.24, 2.45) is 0 Å². The number of hydrogen-bond donors (Lipinski definition) is 1. The van der Waals surface area contributed by atoms with E-state index in [2.05, 4.69) is 11.9 Å². The Kier molecular flexibility index (Phi) is 5.55. The van der Waals surface area contributed by atoms with Gasteiger partial charge in [0.1, 0.15) is 0 Å². The Morgan fingerprint density at radius 3 is 2.40 bits per heavy atom. The van der Waals surface area contributed by atoms with Crippen LogP contribution < -0.4 is 5.32 Å². The molecule has 1 N–H and O–H groups in total. The van der Waals surface area contributed by atoms with Gasteiger partial charge in [0.2, 0.25) is 0 Å². The predicted octanol–water partition coefficient (Wildman–Crippen LogP) is 2.42. The fourth-order valence-corrected chi connectivity index (χ4v) is 1.60. The summed E-state index contributed by atoms with van der Waals surface area (Å²) in [6.07, 6.45) is 2.70. The molecule has 1 rings (SSSR count).